The molecule has 8 nitrogen and oxygen atoms in total. The van der Waals surface area contributed by atoms with Crippen molar-refractivity contribution in [2.75, 3.05) is 63.4 Å². The first-order chi connectivity index (χ1) is 17.7. The minimum Gasteiger partial charge on any atom is -0.481 e. The Hall–Kier alpha value is 0.302. The van der Waals surface area contributed by atoms with Gasteiger partial charge >= 0.3 is 0 Å². The molecule has 0 atom stereocenters. The molecular weight excluding hydrogens is 621 g/mol. The van der Waals surface area contributed by atoms with Crippen LogP contribution in [0.15, 0.2) is 0 Å². The molecule has 0 heterocycles. The quantitative estimate of drug-likeness (QED) is 0.0464. The molecule has 0 spiro atoms. The zero-order valence-corrected chi connectivity index (χ0v) is 27.3. The van der Waals surface area contributed by atoms with E-state index in [-0.39, 0.29) is 36.3 Å². The number of carboxylic acids is 2. The van der Waals surface area contributed by atoms with Gasteiger partial charge in [0.25, 0.3) is 11.9 Å². The molecule has 11 heteroatoms. The molecule has 0 aliphatic heterocycles. The standard InChI is InChI=1S/C23H50O4P2.2C2H4O2.Pd/c24-14-5-1-9-18-28(19-10-2-6-15-25)22-13-23-29(20-11-3-7-16-26)21-12-4-8-17-27;2*1-2(3)4;/h24-27H,1-23H2;2*1H3,(H,3,4);. The SMILES string of the molecule is CC(=O)O.CC(=O)O.OCCCCCP(CCCCCO)CCCP(CCCCCO)CCCCCO.[Pd]. The van der Waals surface area contributed by atoms with E-state index in [1.165, 1.54) is 69.1 Å². The van der Waals surface area contributed by atoms with E-state index in [4.69, 9.17) is 40.2 Å². The van der Waals surface area contributed by atoms with E-state index in [1.54, 1.807) is 0 Å². The maximum Gasteiger partial charge on any atom is 0.300 e. The molecule has 0 bridgehead atoms. The van der Waals surface area contributed by atoms with Gasteiger partial charge in [-0.05, 0) is 94.8 Å². The van der Waals surface area contributed by atoms with E-state index >= 15 is 0 Å². The molecule has 0 saturated carbocycles. The van der Waals surface area contributed by atoms with Crippen LogP contribution in [0.25, 0.3) is 0 Å². The third-order valence-corrected chi connectivity index (χ3v) is 11.2. The van der Waals surface area contributed by atoms with Gasteiger partial charge in [-0.1, -0.05) is 25.7 Å². The van der Waals surface area contributed by atoms with Crippen molar-refractivity contribution in [2.45, 2.75) is 97.3 Å². The Bertz CT molecular complexity index is 404. The van der Waals surface area contributed by atoms with E-state index in [2.05, 4.69) is 0 Å². The van der Waals surface area contributed by atoms with Gasteiger partial charge < -0.3 is 30.6 Å². The normalized spacial score (nSPS) is 10.3. The molecule has 234 valence electrons. The number of aliphatic hydroxyl groups is 4. The van der Waals surface area contributed by atoms with Crippen LogP contribution >= 0.6 is 15.8 Å². The molecule has 0 radical (unpaired) electrons. The van der Waals surface area contributed by atoms with Crippen LogP contribution in [-0.4, -0.2) is 106 Å². The number of rotatable bonds is 24. The summed E-state index contributed by atoms with van der Waals surface area (Å²) in [4.78, 5) is 18.0. The minimum atomic E-state index is -0.833. The average molecular weight is 679 g/mol. The second-order valence-corrected chi connectivity index (χ2v) is 14.6. The summed E-state index contributed by atoms with van der Waals surface area (Å²) in [6.45, 7) is 3.47. The van der Waals surface area contributed by atoms with Crippen LogP contribution in [0.4, 0.5) is 0 Å². The van der Waals surface area contributed by atoms with Crippen molar-refractivity contribution >= 4 is 27.8 Å². The Balaban J connectivity index is -0.000000559. The number of aliphatic carboxylic acids is 2. The van der Waals surface area contributed by atoms with Gasteiger partial charge in [-0.25, -0.2) is 0 Å². The van der Waals surface area contributed by atoms with Crippen LogP contribution in [0.5, 0.6) is 0 Å². The summed E-state index contributed by atoms with van der Waals surface area (Å²) in [5.41, 5.74) is 0. The van der Waals surface area contributed by atoms with Crippen molar-refractivity contribution < 1.29 is 60.7 Å². The van der Waals surface area contributed by atoms with E-state index in [1.807, 2.05) is 0 Å². The molecule has 0 saturated heterocycles. The van der Waals surface area contributed by atoms with Gasteiger partial charge in [-0.2, -0.15) is 0 Å². The molecule has 6 N–H and O–H groups in total. The Morgan fingerprint density at radius 3 is 0.789 bits per heavy atom. The summed E-state index contributed by atoms with van der Waals surface area (Å²) >= 11 is 0. The van der Waals surface area contributed by atoms with E-state index in [9.17, 15) is 0 Å². The zero-order valence-electron chi connectivity index (χ0n) is 24.0. The predicted octanol–water partition coefficient (Wildman–Crippen LogP) is 5.17. The predicted molar refractivity (Wildman–Crippen MR) is 158 cm³/mol. The molecule has 38 heavy (non-hydrogen) atoms. The number of carboxylic acid groups (broad SMARTS) is 2. The number of hydrogen-bond acceptors (Lipinski definition) is 6. The molecule has 0 aromatic heterocycles. The molecule has 0 amide bonds. The Morgan fingerprint density at radius 1 is 0.421 bits per heavy atom. The fourth-order valence-electron chi connectivity index (χ4n) is 3.68. The van der Waals surface area contributed by atoms with Crippen molar-refractivity contribution in [1.29, 1.82) is 0 Å². The Labute approximate surface area is 248 Å². The average Bonchev–Trinajstić information content (AvgIpc) is 2.83. The van der Waals surface area contributed by atoms with Gasteiger partial charge in [0.05, 0.1) is 0 Å². The second kappa shape index (κ2) is 39.4. The fraction of sp³-hybridized carbons (Fsp3) is 0.926. The van der Waals surface area contributed by atoms with Crippen LogP contribution in [0, 0.1) is 0 Å². The van der Waals surface area contributed by atoms with Crippen LogP contribution in [0.3, 0.4) is 0 Å². The van der Waals surface area contributed by atoms with Crippen molar-refractivity contribution in [1.82, 2.24) is 0 Å². The van der Waals surface area contributed by atoms with Crippen LogP contribution in [-0.2, 0) is 30.0 Å². The third-order valence-electron chi connectivity index (χ3n) is 5.48. The van der Waals surface area contributed by atoms with Crippen LogP contribution in [0.2, 0.25) is 0 Å². The summed E-state index contributed by atoms with van der Waals surface area (Å²) in [6.07, 6.45) is 23.1. The fourth-order valence-corrected chi connectivity index (χ4v) is 9.17. The zero-order chi connectivity index (χ0) is 28.6. The summed E-state index contributed by atoms with van der Waals surface area (Å²) in [5.74, 6) is -1.67. The maximum atomic E-state index is 9.00. The van der Waals surface area contributed by atoms with Crippen LogP contribution < -0.4 is 0 Å². The first-order valence-corrected chi connectivity index (χ1v) is 17.8. The van der Waals surface area contributed by atoms with Gasteiger partial charge in [0.2, 0.25) is 0 Å². The molecule has 0 aliphatic carbocycles. The summed E-state index contributed by atoms with van der Waals surface area (Å²) in [6, 6.07) is 0. The Kier molecular flexibility index (Phi) is 47.0. The van der Waals surface area contributed by atoms with Gasteiger partial charge in [-0.3, -0.25) is 9.59 Å². The van der Waals surface area contributed by atoms with Gasteiger partial charge in [0, 0.05) is 60.7 Å². The molecule has 0 fully saturated rings. The van der Waals surface area contributed by atoms with E-state index < -0.39 is 11.9 Å². The first-order valence-electron chi connectivity index (χ1n) is 14.0. The van der Waals surface area contributed by atoms with E-state index in [0.29, 0.717) is 26.4 Å². The summed E-state index contributed by atoms with van der Waals surface area (Å²) < 4.78 is 0. The largest absolute Gasteiger partial charge is 0.481 e. The molecule has 0 aromatic carbocycles. The van der Waals surface area contributed by atoms with Crippen molar-refractivity contribution in [3.63, 3.8) is 0 Å². The number of hydrogen-bond donors (Lipinski definition) is 6. The van der Waals surface area contributed by atoms with E-state index in [0.717, 1.165) is 65.2 Å². The van der Waals surface area contributed by atoms with Gasteiger partial charge in [-0.15, -0.1) is 15.8 Å². The van der Waals surface area contributed by atoms with Crippen LogP contribution in [0.1, 0.15) is 97.3 Å². The number of aliphatic hydroxyl groups excluding tert-OH is 4. The maximum absolute atomic E-state index is 9.00. The molecule has 0 aromatic rings. The minimum absolute atomic E-state index is 0. The molecule has 0 aliphatic rings. The van der Waals surface area contributed by atoms with Crippen molar-refractivity contribution in [2.24, 2.45) is 0 Å². The second-order valence-electron chi connectivity index (χ2n) is 9.21. The molecule has 0 rings (SSSR count). The number of carbonyl (C=O) groups is 2. The topological polar surface area (TPSA) is 156 Å². The first kappa shape index (κ1) is 45.3. The Morgan fingerprint density at radius 2 is 0.605 bits per heavy atom. The third kappa shape index (κ3) is 49.3. The monoisotopic (exact) mass is 678 g/mol. The van der Waals surface area contributed by atoms with Gasteiger partial charge in [0.15, 0.2) is 0 Å². The van der Waals surface area contributed by atoms with Gasteiger partial charge in [0.1, 0.15) is 0 Å². The summed E-state index contributed by atoms with van der Waals surface area (Å²) in [5, 5.41) is 50.8. The van der Waals surface area contributed by atoms with Crippen molar-refractivity contribution in [3.8, 4) is 0 Å². The van der Waals surface area contributed by atoms with Crippen molar-refractivity contribution in [3.05, 3.63) is 0 Å². The molecule has 0 unspecified atom stereocenters. The number of unbranched alkanes of at least 4 members (excludes halogenated alkanes) is 8. The molecular formula is C27H58O8P2Pd. The summed E-state index contributed by atoms with van der Waals surface area (Å²) in [7, 11) is 0.238. The smallest absolute Gasteiger partial charge is 0.300 e.